The van der Waals surface area contributed by atoms with E-state index in [0.717, 1.165) is 0 Å². The highest BCUT2D eigenvalue weighted by atomic mass is 19.1. The second kappa shape index (κ2) is 8.65. The van der Waals surface area contributed by atoms with E-state index in [1.54, 1.807) is 23.1 Å². The molecule has 3 atom stereocenters. The monoisotopic (exact) mass is 422 g/mol. The highest BCUT2D eigenvalue weighted by Crippen LogP contribution is 2.41. The van der Waals surface area contributed by atoms with Crippen LogP contribution in [0.15, 0.2) is 72.8 Å². The lowest BCUT2D eigenvalue weighted by molar-refractivity contribution is 0.159. The van der Waals surface area contributed by atoms with E-state index in [0.29, 0.717) is 29.7 Å². The van der Waals surface area contributed by atoms with Gasteiger partial charge in [0.05, 0.1) is 18.2 Å². The molecule has 7 heteroatoms. The zero-order chi connectivity index (χ0) is 22.0. The first kappa shape index (κ1) is 20.7. The zero-order valence-corrected chi connectivity index (χ0v) is 16.6. The fourth-order valence-corrected chi connectivity index (χ4v) is 4.04. The van der Waals surface area contributed by atoms with Gasteiger partial charge in [-0.3, -0.25) is 4.90 Å². The average Bonchev–Trinajstić information content (AvgIpc) is 3.09. The summed E-state index contributed by atoms with van der Waals surface area (Å²) >= 11 is 0. The van der Waals surface area contributed by atoms with Gasteiger partial charge in [-0.25, -0.2) is 9.18 Å². The van der Waals surface area contributed by atoms with Crippen LogP contribution in [0.25, 0.3) is 0 Å². The van der Waals surface area contributed by atoms with Gasteiger partial charge >= 0.3 is 6.03 Å². The molecule has 0 aliphatic carbocycles. The van der Waals surface area contributed by atoms with Crippen molar-refractivity contribution < 1.29 is 24.5 Å². The summed E-state index contributed by atoms with van der Waals surface area (Å²) in [5.74, 6) is -0.569. The Bertz CT molecular complexity index is 1060. The Kier molecular flexibility index (Phi) is 5.77. The SMILES string of the molecule is O=C1N[C@@H](CC[C@H](O)c2ccc(F)cc2)[C@@H](c2ccc(O)cc2O)N1c1ccccc1. The van der Waals surface area contributed by atoms with Gasteiger partial charge in [0.15, 0.2) is 0 Å². The summed E-state index contributed by atoms with van der Waals surface area (Å²) in [4.78, 5) is 14.4. The number of hydrogen-bond donors (Lipinski definition) is 4. The summed E-state index contributed by atoms with van der Waals surface area (Å²) in [6.45, 7) is 0. The second-order valence-corrected chi connectivity index (χ2v) is 7.59. The highest BCUT2D eigenvalue weighted by Gasteiger charge is 2.42. The van der Waals surface area contributed by atoms with Crippen LogP contribution >= 0.6 is 0 Å². The fraction of sp³-hybridized carbons (Fsp3) is 0.208. The molecule has 1 fully saturated rings. The number of phenols is 2. The van der Waals surface area contributed by atoms with Gasteiger partial charge in [0.1, 0.15) is 17.3 Å². The number of urea groups is 1. The molecule has 1 aliphatic rings. The van der Waals surface area contributed by atoms with Crippen LogP contribution in [0.1, 0.15) is 36.1 Å². The van der Waals surface area contributed by atoms with Crippen molar-refractivity contribution in [1.29, 1.82) is 0 Å². The Labute approximate surface area is 179 Å². The summed E-state index contributed by atoms with van der Waals surface area (Å²) in [6.07, 6.45) is -0.0787. The lowest BCUT2D eigenvalue weighted by Crippen LogP contribution is -2.29. The van der Waals surface area contributed by atoms with Crippen LogP contribution in [-0.4, -0.2) is 27.4 Å². The van der Waals surface area contributed by atoms with Gasteiger partial charge in [-0.15, -0.1) is 0 Å². The van der Waals surface area contributed by atoms with Crippen molar-refractivity contribution in [2.45, 2.75) is 31.0 Å². The van der Waals surface area contributed by atoms with E-state index in [9.17, 15) is 24.5 Å². The van der Waals surface area contributed by atoms with Crippen LogP contribution in [0.2, 0.25) is 0 Å². The number of phenolic OH excluding ortho intramolecular Hbond substituents is 2. The highest BCUT2D eigenvalue weighted by molar-refractivity contribution is 5.96. The molecule has 2 amide bonds. The van der Waals surface area contributed by atoms with E-state index < -0.39 is 18.2 Å². The summed E-state index contributed by atoms with van der Waals surface area (Å²) in [6, 6.07) is 17.8. The number of nitrogens with one attached hydrogen (secondary N) is 1. The first-order valence-corrected chi connectivity index (χ1v) is 10.0. The van der Waals surface area contributed by atoms with Gasteiger partial charge in [-0.2, -0.15) is 0 Å². The minimum atomic E-state index is -0.822. The van der Waals surface area contributed by atoms with Crippen LogP contribution in [0.5, 0.6) is 11.5 Å². The van der Waals surface area contributed by atoms with Crippen LogP contribution in [0, 0.1) is 5.82 Å². The Morgan fingerprint density at radius 1 is 1.00 bits per heavy atom. The molecular weight excluding hydrogens is 399 g/mol. The van der Waals surface area contributed by atoms with E-state index in [4.69, 9.17) is 0 Å². The zero-order valence-electron chi connectivity index (χ0n) is 16.6. The van der Waals surface area contributed by atoms with E-state index in [-0.39, 0.29) is 23.3 Å². The molecule has 4 rings (SSSR count). The number of nitrogens with zero attached hydrogens (tertiary/aromatic N) is 1. The topological polar surface area (TPSA) is 93.0 Å². The van der Waals surface area contributed by atoms with Crippen molar-refractivity contribution in [2.75, 3.05) is 4.90 Å². The van der Waals surface area contributed by atoms with Gasteiger partial charge in [0.2, 0.25) is 0 Å². The minimum Gasteiger partial charge on any atom is -0.508 e. The number of carbonyl (C=O) groups is 1. The summed E-state index contributed by atoms with van der Waals surface area (Å²) in [7, 11) is 0. The van der Waals surface area contributed by atoms with Crippen molar-refractivity contribution in [3.8, 4) is 11.5 Å². The number of para-hydroxylation sites is 1. The summed E-state index contributed by atoms with van der Waals surface area (Å²) < 4.78 is 13.2. The van der Waals surface area contributed by atoms with Gasteiger partial charge in [-0.05, 0) is 54.8 Å². The molecule has 0 saturated carbocycles. The van der Waals surface area contributed by atoms with Gasteiger partial charge in [0, 0.05) is 17.3 Å². The number of hydrogen-bond acceptors (Lipinski definition) is 4. The van der Waals surface area contributed by atoms with Crippen molar-refractivity contribution in [3.05, 3.63) is 89.7 Å². The molecule has 1 aliphatic heterocycles. The molecule has 0 spiro atoms. The second-order valence-electron chi connectivity index (χ2n) is 7.59. The number of amides is 2. The fourth-order valence-electron chi connectivity index (χ4n) is 4.04. The van der Waals surface area contributed by atoms with E-state index in [1.807, 2.05) is 18.2 Å². The first-order chi connectivity index (χ1) is 14.9. The quantitative estimate of drug-likeness (QED) is 0.474. The third kappa shape index (κ3) is 4.32. The molecule has 0 unspecified atom stereocenters. The number of carbonyl (C=O) groups excluding carboxylic acids is 1. The number of halogens is 1. The lowest BCUT2D eigenvalue weighted by atomic mass is 9.92. The van der Waals surface area contributed by atoms with Crippen LogP contribution in [0.3, 0.4) is 0 Å². The minimum absolute atomic E-state index is 0.0759. The molecule has 3 aromatic rings. The maximum absolute atomic E-state index is 13.2. The predicted molar refractivity (Wildman–Crippen MR) is 114 cm³/mol. The van der Waals surface area contributed by atoms with Crippen molar-refractivity contribution >= 4 is 11.7 Å². The normalized spacial score (nSPS) is 19.3. The van der Waals surface area contributed by atoms with Crippen molar-refractivity contribution in [1.82, 2.24) is 5.32 Å². The predicted octanol–water partition coefficient (Wildman–Crippen LogP) is 4.39. The van der Waals surface area contributed by atoms with Gasteiger partial charge in [-0.1, -0.05) is 30.3 Å². The number of aliphatic hydroxyl groups is 1. The Morgan fingerprint density at radius 3 is 2.39 bits per heavy atom. The average molecular weight is 422 g/mol. The molecule has 0 aromatic heterocycles. The molecular formula is C24H23FN2O4. The van der Waals surface area contributed by atoms with Crippen LogP contribution in [0.4, 0.5) is 14.9 Å². The first-order valence-electron chi connectivity index (χ1n) is 10.0. The lowest BCUT2D eigenvalue weighted by Gasteiger charge is -2.28. The Morgan fingerprint density at radius 2 is 1.71 bits per heavy atom. The summed E-state index contributed by atoms with van der Waals surface area (Å²) in [5, 5.41) is 33.7. The molecule has 0 bridgehead atoms. The van der Waals surface area contributed by atoms with Crippen molar-refractivity contribution in [2.24, 2.45) is 0 Å². The molecule has 6 nitrogen and oxygen atoms in total. The van der Waals surface area contributed by atoms with Gasteiger partial charge in [0.25, 0.3) is 0 Å². The maximum atomic E-state index is 13.2. The maximum Gasteiger partial charge on any atom is 0.322 e. The Balaban J connectivity index is 1.62. The number of aliphatic hydroxyl groups excluding tert-OH is 1. The third-order valence-electron chi connectivity index (χ3n) is 5.56. The number of anilines is 1. The van der Waals surface area contributed by atoms with E-state index in [2.05, 4.69) is 5.32 Å². The van der Waals surface area contributed by atoms with E-state index >= 15 is 0 Å². The van der Waals surface area contributed by atoms with Crippen LogP contribution in [-0.2, 0) is 0 Å². The van der Waals surface area contributed by atoms with Crippen molar-refractivity contribution in [3.63, 3.8) is 0 Å². The van der Waals surface area contributed by atoms with Crippen LogP contribution < -0.4 is 10.2 Å². The molecule has 1 saturated heterocycles. The largest absolute Gasteiger partial charge is 0.508 e. The standard InChI is InChI=1S/C24H23FN2O4/c25-16-8-6-15(7-9-16)21(29)13-12-20-23(19-11-10-18(28)14-22(19)30)27(24(31)26-20)17-4-2-1-3-5-17/h1-11,14,20-21,23,28-30H,12-13H2,(H,26,31)/t20-,21-,23+/m0/s1. The Hall–Kier alpha value is -3.58. The molecule has 160 valence electrons. The van der Waals surface area contributed by atoms with E-state index in [1.165, 1.54) is 36.4 Å². The molecule has 1 heterocycles. The summed E-state index contributed by atoms with van der Waals surface area (Å²) in [5.41, 5.74) is 1.75. The number of benzene rings is 3. The number of rotatable bonds is 6. The molecule has 31 heavy (non-hydrogen) atoms. The molecule has 0 radical (unpaired) electrons. The van der Waals surface area contributed by atoms with Gasteiger partial charge < -0.3 is 20.6 Å². The molecule has 3 aromatic carbocycles. The smallest absolute Gasteiger partial charge is 0.322 e. The third-order valence-corrected chi connectivity index (χ3v) is 5.56. The number of aromatic hydroxyl groups is 2. The molecule has 4 N–H and O–H groups in total.